The van der Waals surface area contributed by atoms with Gasteiger partial charge in [0.15, 0.2) is 17.5 Å². The van der Waals surface area contributed by atoms with Gasteiger partial charge in [-0.05, 0) is 58.2 Å². The minimum atomic E-state index is -2.92. The molecule has 0 bridgehead atoms. The molecule has 0 aliphatic carbocycles. The number of hydrogen-bond acceptors (Lipinski definition) is 5. The van der Waals surface area contributed by atoms with Crippen molar-refractivity contribution in [3.63, 3.8) is 0 Å². The Morgan fingerprint density at radius 2 is 1.87 bits per heavy atom. The van der Waals surface area contributed by atoms with Gasteiger partial charge in [0.1, 0.15) is 5.60 Å². The molecule has 0 fully saturated rings. The van der Waals surface area contributed by atoms with Crippen LogP contribution >= 0.6 is 0 Å². The standard InChI is InChI=1S/C21H34F2N4O4/c1-6-24-19(25-11-7-12-27-20(28)31-21(2,3)4)26-13-10-15-8-9-16(29-5)17(14-15)30-18(22)23/h8-9,14,18H,6-7,10-13H2,1-5H3,(H,27,28)(H2,24,25,26). The van der Waals surface area contributed by atoms with Gasteiger partial charge in [0.2, 0.25) is 0 Å². The Morgan fingerprint density at radius 1 is 1.13 bits per heavy atom. The van der Waals surface area contributed by atoms with Crippen LogP contribution in [0.15, 0.2) is 23.2 Å². The smallest absolute Gasteiger partial charge is 0.407 e. The highest BCUT2D eigenvalue weighted by Gasteiger charge is 2.15. The van der Waals surface area contributed by atoms with E-state index in [2.05, 4.69) is 25.7 Å². The largest absolute Gasteiger partial charge is 0.493 e. The van der Waals surface area contributed by atoms with Crippen molar-refractivity contribution in [2.75, 3.05) is 33.3 Å². The van der Waals surface area contributed by atoms with E-state index in [1.54, 1.807) is 18.2 Å². The molecule has 0 radical (unpaired) electrons. The molecule has 0 atom stereocenters. The van der Waals surface area contributed by atoms with Crippen molar-refractivity contribution in [1.29, 1.82) is 0 Å². The van der Waals surface area contributed by atoms with Crippen LogP contribution in [-0.2, 0) is 11.2 Å². The molecular weight excluding hydrogens is 410 g/mol. The fourth-order valence-corrected chi connectivity index (χ4v) is 2.51. The number of alkyl halides is 2. The molecule has 0 aliphatic rings. The van der Waals surface area contributed by atoms with Crippen molar-refractivity contribution < 1.29 is 27.8 Å². The predicted octanol–water partition coefficient (Wildman–Crippen LogP) is 3.31. The number of amides is 1. The predicted molar refractivity (Wildman–Crippen MR) is 116 cm³/mol. The minimum Gasteiger partial charge on any atom is -0.493 e. The van der Waals surface area contributed by atoms with Gasteiger partial charge >= 0.3 is 12.7 Å². The molecule has 0 spiro atoms. The Balaban J connectivity index is 2.47. The summed E-state index contributed by atoms with van der Waals surface area (Å²) in [4.78, 5) is 16.1. The highest BCUT2D eigenvalue weighted by molar-refractivity contribution is 5.79. The third-order valence-electron chi connectivity index (χ3n) is 3.77. The highest BCUT2D eigenvalue weighted by Crippen LogP contribution is 2.29. The van der Waals surface area contributed by atoms with E-state index in [1.807, 2.05) is 27.7 Å². The number of benzene rings is 1. The summed E-state index contributed by atoms with van der Waals surface area (Å²) in [6, 6.07) is 4.94. The van der Waals surface area contributed by atoms with Crippen molar-refractivity contribution >= 4 is 12.1 Å². The van der Waals surface area contributed by atoms with E-state index in [4.69, 9.17) is 9.47 Å². The molecule has 31 heavy (non-hydrogen) atoms. The zero-order valence-corrected chi connectivity index (χ0v) is 18.9. The number of rotatable bonds is 11. The van der Waals surface area contributed by atoms with Crippen LogP contribution in [0, 0.1) is 0 Å². The van der Waals surface area contributed by atoms with Crippen LogP contribution in [-0.4, -0.2) is 57.6 Å². The van der Waals surface area contributed by atoms with Crippen LogP contribution in [0.25, 0.3) is 0 Å². The SMILES string of the molecule is CCNC(=NCCCNC(=O)OC(C)(C)C)NCCc1ccc(OC)c(OC(F)F)c1. The molecule has 1 amide bonds. The molecule has 0 saturated carbocycles. The maximum absolute atomic E-state index is 12.6. The molecule has 176 valence electrons. The summed E-state index contributed by atoms with van der Waals surface area (Å²) in [6.45, 7) is 6.67. The highest BCUT2D eigenvalue weighted by atomic mass is 19.3. The average molecular weight is 445 g/mol. The van der Waals surface area contributed by atoms with Crippen LogP contribution in [0.2, 0.25) is 0 Å². The molecule has 1 rings (SSSR count). The molecule has 3 N–H and O–H groups in total. The third-order valence-corrected chi connectivity index (χ3v) is 3.77. The van der Waals surface area contributed by atoms with Crippen molar-refractivity contribution in [2.45, 2.75) is 52.7 Å². The van der Waals surface area contributed by atoms with Gasteiger partial charge in [0.25, 0.3) is 0 Å². The normalized spacial score (nSPS) is 11.8. The topological polar surface area (TPSA) is 93.2 Å². The van der Waals surface area contributed by atoms with Gasteiger partial charge in [-0.2, -0.15) is 8.78 Å². The van der Waals surface area contributed by atoms with E-state index in [-0.39, 0.29) is 11.5 Å². The van der Waals surface area contributed by atoms with E-state index < -0.39 is 18.3 Å². The maximum Gasteiger partial charge on any atom is 0.407 e. The Hall–Kier alpha value is -2.78. The van der Waals surface area contributed by atoms with Gasteiger partial charge in [0.05, 0.1) is 7.11 Å². The molecule has 0 aromatic heterocycles. The number of aliphatic imine (C=N–C) groups is 1. The summed E-state index contributed by atoms with van der Waals surface area (Å²) in [5.41, 5.74) is 0.294. The molecule has 10 heteroatoms. The molecule has 1 aromatic rings. The molecule has 8 nitrogen and oxygen atoms in total. The summed E-state index contributed by atoms with van der Waals surface area (Å²) in [5, 5.41) is 9.02. The summed E-state index contributed by atoms with van der Waals surface area (Å²) in [7, 11) is 1.40. The minimum absolute atomic E-state index is 0.00746. The Bertz CT molecular complexity index is 709. The van der Waals surface area contributed by atoms with Crippen molar-refractivity contribution in [3.8, 4) is 11.5 Å². The zero-order valence-electron chi connectivity index (χ0n) is 18.9. The number of methoxy groups -OCH3 is 1. The average Bonchev–Trinajstić information content (AvgIpc) is 2.66. The summed E-state index contributed by atoms with van der Waals surface area (Å²) in [6.07, 6.45) is 0.785. The van der Waals surface area contributed by atoms with E-state index in [9.17, 15) is 13.6 Å². The molecule has 0 aliphatic heterocycles. The molecule has 1 aromatic carbocycles. The first-order valence-corrected chi connectivity index (χ1v) is 10.3. The quantitative estimate of drug-likeness (QED) is 0.276. The lowest BCUT2D eigenvalue weighted by Gasteiger charge is -2.19. The Kier molecular flexibility index (Phi) is 11.4. The Morgan fingerprint density at radius 3 is 2.48 bits per heavy atom. The first-order valence-electron chi connectivity index (χ1n) is 10.3. The number of nitrogens with one attached hydrogen (secondary N) is 3. The fourth-order valence-electron chi connectivity index (χ4n) is 2.51. The van der Waals surface area contributed by atoms with E-state index in [1.165, 1.54) is 7.11 Å². The Labute approximate surface area is 182 Å². The van der Waals surface area contributed by atoms with Crippen LogP contribution in [0.1, 0.15) is 39.7 Å². The second kappa shape index (κ2) is 13.5. The summed E-state index contributed by atoms with van der Waals surface area (Å²) in [5.74, 6) is 0.900. The van der Waals surface area contributed by atoms with Gasteiger partial charge in [-0.1, -0.05) is 6.07 Å². The van der Waals surface area contributed by atoms with Crippen LogP contribution in [0.4, 0.5) is 13.6 Å². The van der Waals surface area contributed by atoms with Gasteiger partial charge in [-0.15, -0.1) is 0 Å². The van der Waals surface area contributed by atoms with Crippen molar-refractivity contribution in [2.24, 2.45) is 4.99 Å². The van der Waals surface area contributed by atoms with E-state index >= 15 is 0 Å². The molecule has 0 unspecified atom stereocenters. The molecular formula is C21H34F2N4O4. The lowest BCUT2D eigenvalue weighted by molar-refractivity contribution is -0.0512. The van der Waals surface area contributed by atoms with E-state index in [0.29, 0.717) is 45.0 Å². The van der Waals surface area contributed by atoms with Crippen LogP contribution in [0.3, 0.4) is 0 Å². The van der Waals surface area contributed by atoms with Crippen molar-refractivity contribution in [1.82, 2.24) is 16.0 Å². The number of ether oxygens (including phenoxy) is 3. The van der Waals surface area contributed by atoms with Gasteiger partial charge < -0.3 is 30.2 Å². The monoisotopic (exact) mass is 444 g/mol. The first-order chi connectivity index (χ1) is 14.6. The number of hydrogen-bond donors (Lipinski definition) is 3. The number of carbonyl (C=O) groups excluding carboxylic acids is 1. The third kappa shape index (κ3) is 11.9. The molecule has 0 saturated heterocycles. The van der Waals surface area contributed by atoms with Gasteiger partial charge in [0, 0.05) is 26.2 Å². The number of nitrogens with zero attached hydrogens (tertiary/aromatic N) is 1. The van der Waals surface area contributed by atoms with Crippen LogP contribution in [0.5, 0.6) is 11.5 Å². The van der Waals surface area contributed by atoms with Gasteiger partial charge in [-0.3, -0.25) is 4.99 Å². The first kappa shape index (κ1) is 26.3. The van der Waals surface area contributed by atoms with Crippen LogP contribution < -0.4 is 25.4 Å². The fraction of sp³-hybridized carbons (Fsp3) is 0.619. The second-order valence-corrected chi connectivity index (χ2v) is 7.58. The number of guanidine groups is 1. The number of alkyl carbamates (subject to hydrolysis) is 1. The lowest BCUT2D eigenvalue weighted by Crippen LogP contribution is -2.38. The second-order valence-electron chi connectivity index (χ2n) is 7.58. The summed E-state index contributed by atoms with van der Waals surface area (Å²) >= 11 is 0. The van der Waals surface area contributed by atoms with E-state index in [0.717, 1.165) is 5.56 Å². The maximum atomic E-state index is 12.6. The lowest BCUT2D eigenvalue weighted by atomic mass is 10.1. The number of halogens is 2. The summed E-state index contributed by atoms with van der Waals surface area (Å²) < 4.78 is 39.8. The molecule has 0 heterocycles. The number of carbonyl (C=O) groups is 1. The zero-order chi connectivity index (χ0) is 23.3. The van der Waals surface area contributed by atoms with Crippen molar-refractivity contribution in [3.05, 3.63) is 23.8 Å². The van der Waals surface area contributed by atoms with Gasteiger partial charge in [-0.25, -0.2) is 4.79 Å².